The summed E-state index contributed by atoms with van der Waals surface area (Å²) in [5, 5.41) is 7.54. The highest BCUT2D eigenvalue weighted by molar-refractivity contribution is 5.53. The molecular formula is C15H20N4O. The summed E-state index contributed by atoms with van der Waals surface area (Å²) in [4.78, 5) is 9.00. The average Bonchev–Trinajstić information content (AvgIpc) is 2.98. The Morgan fingerprint density at radius 2 is 2.15 bits per heavy atom. The Kier molecular flexibility index (Phi) is 3.53. The van der Waals surface area contributed by atoms with E-state index in [0.717, 1.165) is 49.5 Å². The van der Waals surface area contributed by atoms with Crippen molar-refractivity contribution >= 4 is 0 Å². The van der Waals surface area contributed by atoms with Gasteiger partial charge in [0.05, 0.1) is 5.41 Å². The first-order valence-corrected chi connectivity index (χ1v) is 7.22. The number of aromatic nitrogens is 3. The van der Waals surface area contributed by atoms with E-state index in [-0.39, 0.29) is 5.41 Å². The predicted octanol–water partition coefficient (Wildman–Crippen LogP) is 2.47. The first-order valence-electron chi connectivity index (χ1n) is 7.22. The zero-order chi connectivity index (χ0) is 14.0. The van der Waals surface area contributed by atoms with E-state index in [1.54, 1.807) is 6.20 Å². The molecule has 0 atom stereocenters. The van der Waals surface area contributed by atoms with Crippen LogP contribution in [0.25, 0.3) is 11.5 Å². The average molecular weight is 272 g/mol. The van der Waals surface area contributed by atoms with Crippen LogP contribution in [0.1, 0.15) is 37.6 Å². The van der Waals surface area contributed by atoms with E-state index in [1.807, 2.05) is 19.1 Å². The van der Waals surface area contributed by atoms with E-state index in [9.17, 15) is 0 Å². The Balaban J connectivity index is 1.95. The molecule has 0 amide bonds. The Labute approximate surface area is 118 Å². The standard InChI is InChI=1S/C15H20N4O/c1-3-15(6-9-16-10-7-15)14-18-13(19-20-14)12-11(2)5-4-8-17-12/h4-5,8,16H,3,6-7,9-10H2,1-2H3. The van der Waals surface area contributed by atoms with E-state index in [2.05, 4.69) is 27.4 Å². The topological polar surface area (TPSA) is 63.8 Å². The van der Waals surface area contributed by atoms with Gasteiger partial charge in [-0.25, -0.2) is 0 Å². The molecule has 1 N–H and O–H groups in total. The Bertz CT molecular complexity index is 587. The molecule has 1 aliphatic rings. The molecule has 0 aliphatic carbocycles. The van der Waals surface area contributed by atoms with Gasteiger partial charge in [0.25, 0.3) is 0 Å². The molecule has 106 valence electrons. The molecule has 3 rings (SSSR count). The van der Waals surface area contributed by atoms with Crippen LogP contribution in [0.2, 0.25) is 0 Å². The molecule has 0 bridgehead atoms. The van der Waals surface area contributed by atoms with Gasteiger partial charge in [-0.15, -0.1) is 0 Å². The van der Waals surface area contributed by atoms with Crippen molar-refractivity contribution in [3.63, 3.8) is 0 Å². The molecule has 2 aromatic heterocycles. The maximum atomic E-state index is 5.58. The monoisotopic (exact) mass is 272 g/mol. The molecule has 5 nitrogen and oxygen atoms in total. The number of hydrogen-bond acceptors (Lipinski definition) is 5. The highest BCUT2D eigenvalue weighted by atomic mass is 16.5. The van der Waals surface area contributed by atoms with E-state index in [1.165, 1.54) is 0 Å². The lowest BCUT2D eigenvalue weighted by Gasteiger charge is -2.33. The van der Waals surface area contributed by atoms with E-state index < -0.39 is 0 Å². The van der Waals surface area contributed by atoms with Crippen LogP contribution in [0.3, 0.4) is 0 Å². The fourth-order valence-corrected chi connectivity index (χ4v) is 2.88. The van der Waals surface area contributed by atoms with Gasteiger partial charge in [-0.05, 0) is 50.9 Å². The lowest BCUT2D eigenvalue weighted by Crippen LogP contribution is -2.39. The molecule has 0 radical (unpaired) electrons. The molecule has 3 heterocycles. The van der Waals surface area contributed by atoms with Crippen LogP contribution < -0.4 is 5.32 Å². The van der Waals surface area contributed by atoms with Crippen LogP contribution in [0.5, 0.6) is 0 Å². The highest BCUT2D eigenvalue weighted by Crippen LogP contribution is 2.36. The number of rotatable bonds is 3. The van der Waals surface area contributed by atoms with Gasteiger partial charge in [0.1, 0.15) is 5.69 Å². The third-order valence-electron chi connectivity index (χ3n) is 4.34. The van der Waals surface area contributed by atoms with E-state index in [4.69, 9.17) is 4.52 Å². The van der Waals surface area contributed by atoms with Crippen LogP contribution in [0, 0.1) is 6.92 Å². The molecule has 2 aromatic rings. The summed E-state index contributed by atoms with van der Waals surface area (Å²) in [6.07, 6.45) is 4.88. The van der Waals surface area contributed by atoms with E-state index in [0.29, 0.717) is 5.82 Å². The van der Waals surface area contributed by atoms with Gasteiger partial charge in [-0.3, -0.25) is 4.98 Å². The number of piperidine rings is 1. The zero-order valence-electron chi connectivity index (χ0n) is 12.0. The second-order valence-corrected chi connectivity index (χ2v) is 5.48. The van der Waals surface area contributed by atoms with Crippen molar-refractivity contribution in [3.8, 4) is 11.5 Å². The van der Waals surface area contributed by atoms with Crippen LogP contribution in [0.4, 0.5) is 0 Å². The molecule has 1 fully saturated rings. The second-order valence-electron chi connectivity index (χ2n) is 5.48. The van der Waals surface area contributed by atoms with Crippen LogP contribution in [0.15, 0.2) is 22.9 Å². The van der Waals surface area contributed by atoms with Gasteiger partial charge in [0, 0.05) is 6.20 Å². The van der Waals surface area contributed by atoms with Crippen LogP contribution in [-0.2, 0) is 5.41 Å². The lowest BCUT2D eigenvalue weighted by atomic mass is 9.76. The minimum atomic E-state index is 0.0270. The van der Waals surface area contributed by atoms with Crippen molar-refractivity contribution in [2.45, 2.75) is 38.5 Å². The summed E-state index contributed by atoms with van der Waals surface area (Å²) in [5.41, 5.74) is 1.90. The van der Waals surface area contributed by atoms with Crippen LogP contribution in [-0.4, -0.2) is 28.2 Å². The van der Waals surface area contributed by atoms with Crippen LogP contribution >= 0.6 is 0 Å². The smallest absolute Gasteiger partial charge is 0.233 e. The molecule has 0 spiro atoms. The molecule has 1 aliphatic heterocycles. The molecule has 0 aromatic carbocycles. The Hall–Kier alpha value is -1.75. The van der Waals surface area contributed by atoms with Gasteiger partial charge in [-0.2, -0.15) is 4.98 Å². The fourth-order valence-electron chi connectivity index (χ4n) is 2.88. The Morgan fingerprint density at radius 1 is 1.35 bits per heavy atom. The third-order valence-corrected chi connectivity index (χ3v) is 4.34. The van der Waals surface area contributed by atoms with Gasteiger partial charge in [-0.1, -0.05) is 18.1 Å². The molecule has 1 saturated heterocycles. The minimum absolute atomic E-state index is 0.0270. The number of pyridine rings is 1. The lowest BCUT2D eigenvalue weighted by molar-refractivity contribution is 0.216. The Morgan fingerprint density at radius 3 is 2.85 bits per heavy atom. The van der Waals surface area contributed by atoms with Gasteiger partial charge >= 0.3 is 0 Å². The first kappa shape index (κ1) is 13.2. The number of nitrogens with zero attached hydrogens (tertiary/aromatic N) is 3. The summed E-state index contributed by atoms with van der Waals surface area (Å²) in [5.74, 6) is 1.37. The quantitative estimate of drug-likeness (QED) is 0.930. The zero-order valence-corrected chi connectivity index (χ0v) is 12.0. The summed E-state index contributed by atoms with van der Waals surface area (Å²) < 4.78 is 5.58. The second kappa shape index (κ2) is 5.32. The summed E-state index contributed by atoms with van der Waals surface area (Å²) in [7, 11) is 0. The largest absolute Gasteiger partial charge is 0.338 e. The van der Waals surface area contributed by atoms with Crippen molar-refractivity contribution in [1.82, 2.24) is 20.4 Å². The fraction of sp³-hybridized carbons (Fsp3) is 0.533. The number of aryl methyl sites for hydroxylation is 1. The summed E-state index contributed by atoms with van der Waals surface area (Å²) in [6.45, 7) is 6.22. The third kappa shape index (κ3) is 2.22. The maximum Gasteiger partial charge on any atom is 0.233 e. The van der Waals surface area contributed by atoms with E-state index >= 15 is 0 Å². The van der Waals surface area contributed by atoms with Crippen molar-refractivity contribution < 1.29 is 4.52 Å². The van der Waals surface area contributed by atoms with Crippen molar-refractivity contribution in [2.24, 2.45) is 0 Å². The minimum Gasteiger partial charge on any atom is -0.338 e. The summed E-state index contributed by atoms with van der Waals surface area (Å²) in [6, 6.07) is 3.93. The van der Waals surface area contributed by atoms with Crippen molar-refractivity contribution in [2.75, 3.05) is 13.1 Å². The molecule has 5 heteroatoms. The van der Waals surface area contributed by atoms with Crippen molar-refractivity contribution in [1.29, 1.82) is 0 Å². The predicted molar refractivity (Wildman–Crippen MR) is 76.3 cm³/mol. The van der Waals surface area contributed by atoms with Gasteiger partial charge < -0.3 is 9.84 Å². The number of hydrogen-bond donors (Lipinski definition) is 1. The number of nitrogens with one attached hydrogen (secondary N) is 1. The van der Waals surface area contributed by atoms with Gasteiger partial charge in [0.2, 0.25) is 11.7 Å². The highest BCUT2D eigenvalue weighted by Gasteiger charge is 2.37. The normalized spacial score (nSPS) is 18.1. The van der Waals surface area contributed by atoms with Gasteiger partial charge in [0.15, 0.2) is 0 Å². The molecule has 20 heavy (non-hydrogen) atoms. The SMILES string of the molecule is CCC1(c2nc(-c3ncccc3C)no2)CCNCC1. The molecular weight excluding hydrogens is 252 g/mol. The maximum absolute atomic E-state index is 5.58. The summed E-state index contributed by atoms with van der Waals surface area (Å²) >= 11 is 0. The first-order chi connectivity index (χ1) is 9.75. The molecule has 0 unspecified atom stereocenters. The van der Waals surface area contributed by atoms with Crippen molar-refractivity contribution in [3.05, 3.63) is 29.8 Å². The molecule has 0 saturated carbocycles.